The van der Waals surface area contributed by atoms with Gasteiger partial charge in [-0.3, -0.25) is 4.79 Å². The van der Waals surface area contributed by atoms with Crippen LogP contribution in [0.15, 0.2) is 0 Å². The lowest BCUT2D eigenvalue weighted by Crippen LogP contribution is -2.49. The first-order chi connectivity index (χ1) is 6.99. The van der Waals surface area contributed by atoms with Crippen molar-refractivity contribution >= 4 is 5.91 Å². The van der Waals surface area contributed by atoms with Gasteiger partial charge in [-0.15, -0.1) is 0 Å². The van der Waals surface area contributed by atoms with Gasteiger partial charge in [0, 0.05) is 19.3 Å². The Morgan fingerprint density at radius 1 is 1.60 bits per heavy atom. The van der Waals surface area contributed by atoms with Gasteiger partial charge >= 0.3 is 0 Å². The molecule has 88 valence electrons. The summed E-state index contributed by atoms with van der Waals surface area (Å²) in [5, 5.41) is 11.9. The molecule has 1 rings (SSSR count). The standard InChI is InChI=1S/C11H21NO3/c1-8(7-13)9(2)12-10(14)11(3)5-4-6-15-11/h8-9,13H,4-7H2,1-3H3,(H,12,14). The second-order valence-electron chi connectivity index (χ2n) is 4.60. The van der Waals surface area contributed by atoms with Crippen LogP contribution in [0.25, 0.3) is 0 Å². The number of hydrogen-bond donors (Lipinski definition) is 2. The minimum atomic E-state index is -0.663. The molecule has 4 nitrogen and oxygen atoms in total. The van der Waals surface area contributed by atoms with Crippen molar-refractivity contribution in [3.05, 3.63) is 0 Å². The second-order valence-corrected chi connectivity index (χ2v) is 4.60. The minimum Gasteiger partial charge on any atom is -0.396 e. The van der Waals surface area contributed by atoms with E-state index in [1.165, 1.54) is 0 Å². The average Bonchev–Trinajstić information content (AvgIpc) is 2.65. The van der Waals surface area contributed by atoms with E-state index in [0.717, 1.165) is 12.8 Å². The van der Waals surface area contributed by atoms with Crippen molar-refractivity contribution in [2.75, 3.05) is 13.2 Å². The number of carbonyl (C=O) groups excluding carboxylic acids is 1. The van der Waals surface area contributed by atoms with Gasteiger partial charge in [-0.25, -0.2) is 0 Å². The molecule has 0 aromatic carbocycles. The Morgan fingerprint density at radius 3 is 2.73 bits per heavy atom. The molecule has 0 bridgehead atoms. The smallest absolute Gasteiger partial charge is 0.252 e. The number of nitrogens with one attached hydrogen (secondary N) is 1. The molecule has 1 aliphatic rings. The van der Waals surface area contributed by atoms with E-state index in [4.69, 9.17) is 9.84 Å². The van der Waals surface area contributed by atoms with Gasteiger partial charge in [0.05, 0.1) is 0 Å². The molecule has 15 heavy (non-hydrogen) atoms. The molecular formula is C11H21NO3. The summed E-state index contributed by atoms with van der Waals surface area (Å²) in [6.07, 6.45) is 1.72. The van der Waals surface area contributed by atoms with Gasteiger partial charge in [-0.2, -0.15) is 0 Å². The van der Waals surface area contributed by atoms with E-state index in [1.807, 2.05) is 20.8 Å². The molecule has 0 saturated carbocycles. The van der Waals surface area contributed by atoms with Crippen molar-refractivity contribution in [3.8, 4) is 0 Å². The zero-order valence-electron chi connectivity index (χ0n) is 9.75. The molecule has 1 amide bonds. The number of hydrogen-bond acceptors (Lipinski definition) is 3. The SMILES string of the molecule is CC(CO)C(C)NC(=O)C1(C)CCCO1. The molecule has 0 spiro atoms. The number of aliphatic hydroxyl groups excluding tert-OH is 1. The molecule has 1 heterocycles. The Labute approximate surface area is 91.0 Å². The van der Waals surface area contributed by atoms with E-state index >= 15 is 0 Å². The number of amides is 1. The van der Waals surface area contributed by atoms with Crippen LogP contribution in [0.5, 0.6) is 0 Å². The van der Waals surface area contributed by atoms with Crippen molar-refractivity contribution in [1.29, 1.82) is 0 Å². The van der Waals surface area contributed by atoms with Gasteiger partial charge in [0.2, 0.25) is 0 Å². The van der Waals surface area contributed by atoms with Crippen molar-refractivity contribution in [3.63, 3.8) is 0 Å². The van der Waals surface area contributed by atoms with E-state index in [1.54, 1.807) is 0 Å². The van der Waals surface area contributed by atoms with Crippen LogP contribution in [0.4, 0.5) is 0 Å². The molecule has 0 radical (unpaired) electrons. The Kier molecular flexibility index (Phi) is 4.11. The fraction of sp³-hybridized carbons (Fsp3) is 0.909. The Hall–Kier alpha value is -0.610. The molecular weight excluding hydrogens is 194 g/mol. The molecule has 4 heteroatoms. The summed E-state index contributed by atoms with van der Waals surface area (Å²) in [6.45, 7) is 6.37. The number of carbonyl (C=O) groups is 1. The molecule has 0 aromatic rings. The third-order valence-corrected chi connectivity index (χ3v) is 3.20. The maximum absolute atomic E-state index is 11.9. The third-order valence-electron chi connectivity index (χ3n) is 3.20. The molecule has 1 fully saturated rings. The predicted molar refractivity (Wildman–Crippen MR) is 57.4 cm³/mol. The summed E-state index contributed by atoms with van der Waals surface area (Å²) in [4.78, 5) is 11.9. The number of rotatable bonds is 4. The summed E-state index contributed by atoms with van der Waals surface area (Å²) in [5.74, 6) is 0.00625. The van der Waals surface area contributed by atoms with Crippen LogP contribution in [-0.2, 0) is 9.53 Å². The van der Waals surface area contributed by atoms with Gasteiger partial charge in [0.1, 0.15) is 5.60 Å². The van der Waals surface area contributed by atoms with Crippen molar-refractivity contribution in [1.82, 2.24) is 5.32 Å². The van der Waals surface area contributed by atoms with Crippen LogP contribution >= 0.6 is 0 Å². The number of aliphatic hydroxyl groups is 1. The maximum Gasteiger partial charge on any atom is 0.252 e. The van der Waals surface area contributed by atoms with Crippen LogP contribution in [0.1, 0.15) is 33.6 Å². The molecule has 2 N–H and O–H groups in total. The molecule has 3 atom stereocenters. The molecule has 1 saturated heterocycles. The Bertz CT molecular complexity index is 224. The van der Waals surface area contributed by atoms with E-state index in [2.05, 4.69) is 5.32 Å². The van der Waals surface area contributed by atoms with Gasteiger partial charge in [-0.05, 0) is 32.6 Å². The molecule has 1 aliphatic heterocycles. The summed E-state index contributed by atoms with van der Waals surface area (Å²) in [7, 11) is 0. The first kappa shape index (κ1) is 12.5. The van der Waals surface area contributed by atoms with Crippen LogP contribution in [0, 0.1) is 5.92 Å². The van der Waals surface area contributed by atoms with Gasteiger partial charge in [0.25, 0.3) is 5.91 Å². The monoisotopic (exact) mass is 215 g/mol. The number of ether oxygens (including phenoxy) is 1. The normalized spacial score (nSPS) is 29.9. The van der Waals surface area contributed by atoms with Crippen molar-refractivity contribution in [2.24, 2.45) is 5.92 Å². The maximum atomic E-state index is 11.9. The topological polar surface area (TPSA) is 58.6 Å². The van der Waals surface area contributed by atoms with Gasteiger partial charge < -0.3 is 15.2 Å². The minimum absolute atomic E-state index is 0.0245. The Morgan fingerprint density at radius 2 is 2.27 bits per heavy atom. The van der Waals surface area contributed by atoms with Crippen LogP contribution in [-0.4, -0.2) is 35.9 Å². The largest absolute Gasteiger partial charge is 0.396 e. The summed E-state index contributed by atoms with van der Waals surface area (Å²) < 4.78 is 5.44. The first-order valence-corrected chi connectivity index (χ1v) is 5.55. The van der Waals surface area contributed by atoms with Crippen LogP contribution in [0.3, 0.4) is 0 Å². The van der Waals surface area contributed by atoms with Gasteiger partial charge in [-0.1, -0.05) is 6.92 Å². The molecule has 0 aromatic heterocycles. The lowest BCUT2D eigenvalue weighted by molar-refractivity contribution is -0.140. The van der Waals surface area contributed by atoms with E-state index in [9.17, 15) is 4.79 Å². The Balaban J connectivity index is 2.47. The fourth-order valence-corrected chi connectivity index (χ4v) is 1.62. The lowest BCUT2D eigenvalue weighted by Gasteiger charge is -2.26. The lowest BCUT2D eigenvalue weighted by atomic mass is 9.99. The predicted octanol–water partition coefficient (Wildman–Crippen LogP) is 0.689. The summed E-state index contributed by atoms with van der Waals surface area (Å²) in [6, 6.07) is -0.0245. The second kappa shape index (κ2) is 4.94. The van der Waals surface area contributed by atoms with Crippen molar-refractivity contribution < 1.29 is 14.6 Å². The highest BCUT2D eigenvalue weighted by molar-refractivity contribution is 5.85. The van der Waals surface area contributed by atoms with Gasteiger partial charge in [0.15, 0.2) is 0 Å². The quantitative estimate of drug-likeness (QED) is 0.725. The highest BCUT2D eigenvalue weighted by atomic mass is 16.5. The third kappa shape index (κ3) is 2.92. The van der Waals surface area contributed by atoms with E-state index in [0.29, 0.717) is 6.61 Å². The van der Waals surface area contributed by atoms with Crippen LogP contribution < -0.4 is 5.32 Å². The van der Waals surface area contributed by atoms with Crippen LogP contribution in [0.2, 0.25) is 0 Å². The first-order valence-electron chi connectivity index (χ1n) is 5.55. The fourth-order valence-electron chi connectivity index (χ4n) is 1.62. The summed E-state index contributed by atoms with van der Waals surface area (Å²) in [5.41, 5.74) is -0.663. The molecule has 0 aliphatic carbocycles. The zero-order chi connectivity index (χ0) is 11.5. The summed E-state index contributed by atoms with van der Waals surface area (Å²) >= 11 is 0. The molecule has 3 unspecified atom stereocenters. The van der Waals surface area contributed by atoms with E-state index in [-0.39, 0.29) is 24.5 Å². The highest BCUT2D eigenvalue weighted by Crippen LogP contribution is 2.25. The van der Waals surface area contributed by atoms with E-state index < -0.39 is 5.60 Å². The average molecular weight is 215 g/mol. The zero-order valence-corrected chi connectivity index (χ0v) is 9.75. The van der Waals surface area contributed by atoms with Crippen molar-refractivity contribution in [2.45, 2.75) is 45.3 Å². The highest BCUT2D eigenvalue weighted by Gasteiger charge is 2.38.